The van der Waals surface area contributed by atoms with E-state index in [1.807, 2.05) is 12.1 Å². The summed E-state index contributed by atoms with van der Waals surface area (Å²) in [6.07, 6.45) is 3.27. The minimum atomic E-state index is -0.358. The number of hydrogen-bond acceptors (Lipinski definition) is 9. The number of aromatic hydroxyl groups is 7. The second-order valence-corrected chi connectivity index (χ2v) is 12.4. The predicted octanol–water partition coefficient (Wildman–Crippen LogP) is 8.57. The molecular weight excluding hydrogens is 648 g/mol. The van der Waals surface area contributed by atoms with E-state index in [0.717, 1.165) is 22.3 Å². The fourth-order valence-electron chi connectivity index (χ4n) is 5.86. The third kappa shape index (κ3) is 9.16. The van der Waals surface area contributed by atoms with Crippen molar-refractivity contribution in [2.45, 2.75) is 38.5 Å². The van der Waals surface area contributed by atoms with Crippen molar-refractivity contribution in [1.82, 2.24) is 0 Å². The highest BCUT2D eigenvalue weighted by molar-refractivity contribution is 5.58. The first-order valence-corrected chi connectivity index (χ1v) is 16.5. The number of ether oxygens (including phenoxy) is 2. The Morgan fingerprint density at radius 2 is 0.667 bits per heavy atom. The normalized spacial score (nSPS) is 11.0. The number of benzene rings is 6. The lowest BCUT2D eigenvalue weighted by Gasteiger charge is -2.17. The molecule has 9 nitrogen and oxygen atoms in total. The molecule has 0 unspecified atom stereocenters. The molecule has 0 radical (unpaired) electrons. The summed E-state index contributed by atoms with van der Waals surface area (Å²) >= 11 is 0. The first-order valence-electron chi connectivity index (χ1n) is 16.5. The Bertz CT molecular complexity index is 2020. The smallest absolute Gasteiger partial charge is 0.202 e. The Morgan fingerprint density at radius 1 is 0.314 bits per heavy atom. The van der Waals surface area contributed by atoms with Gasteiger partial charge in [-0.1, -0.05) is 36.4 Å². The van der Waals surface area contributed by atoms with Gasteiger partial charge in [0.25, 0.3) is 0 Å². The van der Waals surface area contributed by atoms with Gasteiger partial charge in [0, 0.05) is 6.07 Å². The second kappa shape index (κ2) is 15.4. The number of phenolic OH excluding ortho intramolecular Hbond substituents is 7. The molecule has 0 fully saturated rings. The van der Waals surface area contributed by atoms with Crippen molar-refractivity contribution in [3.63, 3.8) is 0 Å². The molecule has 0 saturated heterocycles. The molecule has 7 N–H and O–H groups in total. The van der Waals surface area contributed by atoms with Crippen LogP contribution in [0.5, 0.6) is 63.2 Å². The zero-order valence-corrected chi connectivity index (χ0v) is 27.7. The van der Waals surface area contributed by atoms with Gasteiger partial charge in [0.1, 0.15) is 23.0 Å². The molecule has 0 saturated carbocycles. The Hall–Kier alpha value is -6.48. The third-order valence-electron chi connectivity index (χ3n) is 8.48. The van der Waals surface area contributed by atoms with Crippen LogP contribution in [0.4, 0.5) is 0 Å². The topological polar surface area (TPSA) is 160 Å². The van der Waals surface area contributed by atoms with E-state index in [1.165, 1.54) is 18.2 Å². The maximum atomic E-state index is 11.4. The van der Waals surface area contributed by atoms with Crippen molar-refractivity contribution in [2.24, 2.45) is 0 Å². The lowest BCUT2D eigenvalue weighted by molar-refractivity contribution is 0.357. The molecule has 6 aromatic carbocycles. The minimum absolute atomic E-state index is 0.00113. The van der Waals surface area contributed by atoms with Crippen LogP contribution in [0.1, 0.15) is 33.4 Å². The standard InChI is InChI=1S/C42H38O9/c43-32-5-1-3-26(17-32)7-9-28-13-15-36(47)38(21-28)50-40-23-31(12-11-30-19-34(45)25-35(46)20-30)24-41(42(40)49)51-39-22-29(14-16-37(39)48)10-8-27-4-2-6-33(44)18-27/h1-6,13-25,43-49H,7-12H2. The number of aryl methyl sites for hydroxylation is 6. The molecule has 0 heterocycles. The van der Waals surface area contributed by atoms with Crippen LogP contribution in [0.15, 0.2) is 115 Å². The average molecular weight is 687 g/mol. The molecule has 0 bridgehead atoms. The maximum Gasteiger partial charge on any atom is 0.202 e. The Balaban J connectivity index is 1.28. The van der Waals surface area contributed by atoms with Gasteiger partial charge in [-0.25, -0.2) is 0 Å². The predicted molar refractivity (Wildman–Crippen MR) is 193 cm³/mol. The van der Waals surface area contributed by atoms with E-state index in [0.29, 0.717) is 49.7 Å². The van der Waals surface area contributed by atoms with Gasteiger partial charge in [-0.2, -0.15) is 0 Å². The van der Waals surface area contributed by atoms with E-state index in [-0.39, 0.29) is 63.2 Å². The molecule has 0 aliphatic rings. The molecule has 0 amide bonds. The molecule has 260 valence electrons. The van der Waals surface area contributed by atoms with Crippen LogP contribution in [0.2, 0.25) is 0 Å². The third-order valence-corrected chi connectivity index (χ3v) is 8.48. The summed E-state index contributed by atoms with van der Waals surface area (Å²) in [7, 11) is 0. The average Bonchev–Trinajstić information content (AvgIpc) is 3.09. The van der Waals surface area contributed by atoms with Crippen molar-refractivity contribution < 1.29 is 45.2 Å². The van der Waals surface area contributed by atoms with Crippen LogP contribution in [0.25, 0.3) is 0 Å². The van der Waals surface area contributed by atoms with Crippen molar-refractivity contribution in [1.29, 1.82) is 0 Å². The summed E-state index contributed by atoms with van der Waals surface area (Å²) in [4.78, 5) is 0. The van der Waals surface area contributed by atoms with E-state index in [1.54, 1.807) is 84.9 Å². The highest BCUT2D eigenvalue weighted by Gasteiger charge is 2.18. The second-order valence-electron chi connectivity index (χ2n) is 12.4. The summed E-state index contributed by atoms with van der Waals surface area (Å²) < 4.78 is 12.3. The zero-order valence-electron chi connectivity index (χ0n) is 27.7. The van der Waals surface area contributed by atoms with Crippen LogP contribution in [-0.2, 0) is 38.5 Å². The van der Waals surface area contributed by atoms with Crippen LogP contribution >= 0.6 is 0 Å². The first-order chi connectivity index (χ1) is 24.6. The van der Waals surface area contributed by atoms with Gasteiger partial charge in [0.05, 0.1) is 0 Å². The fourth-order valence-corrected chi connectivity index (χ4v) is 5.86. The molecule has 0 atom stereocenters. The number of rotatable bonds is 13. The van der Waals surface area contributed by atoms with E-state index in [2.05, 4.69) is 0 Å². The molecule has 9 heteroatoms. The van der Waals surface area contributed by atoms with E-state index in [9.17, 15) is 35.7 Å². The number of hydrogen-bond donors (Lipinski definition) is 7. The maximum absolute atomic E-state index is 11.4. The van der Waals surface area contributed by atoms with Crippen LogP contribution < -0.4 is 9.47 Å². The highest BCUT2D eigenvalue weighted by atomic mass is 16.5. The van der Waals surface area contributed by atoms with Gasteiger partial charge in [-0.3, -0.25) is 0 Å². The number of phenols is 7. The molecule has 0 spiro atoms. The summed E-state index contributed by atoms with van der Waals surface area (Å²) in [5.74, 6) is -0.190. The highest BCUT2D eigenvalue weighted by Crippen LogP contribution is 2.45. The lowest BCUT2D eigenvalue weighted by atomic mass is 10.0. The van der Waals surface area contributed by atoms with Crippen molar-refractivity contribution in [3.05, 3.63) is 149 Å². The van der Waals surface area contributed by atoms with Gasteiger partial charge in [-0.15, -0.1) is 0 Å². The molecular formula is C42H38O9. The Labute approximate surface area is 295 Å². The monoisotopic (exact) mass is 686 g/mol. The van der Waals surface area contributed by atoms with Crippen molar-refractivity contribution in [2.75, 3.05) is 0 Å². The summed E-state index contributed by atoms with van der Waals surface area (Å²) in [5.41, 5.74) is 4.96. The van der Waals surface area contributed by atoms with Gasteiger partial charge >= 0.3 is 0 Å². The molecule has 51 heavy (non-hydrogen) atoms. The lowest BCUT2D eigenvalue weighted by Crippen LogP contribution is -1.97. The first kappa shape index (κ1) is 34.4. The summed E-state index contributed by atoms with van der Waals surface area (Å²) in [6, 6.07) is 31.5. The molecule has 0 aromatic heterocycles. The zero-order chi connectivity index (χ0) is 35.9. The summed E-state index contributed by atoms with van der Waals surface area (Å²) in [5, 5.41) is 72.5. The van der Waals surface area contributed by atoms with E-state index in [4.69, 9.17) is 9.47 Å². The summed E-state index contributed by atoms with van der Waals surface area (Å²) in [6.45, 7) is 0. The molecule has 0 aliphatic heterocycles. The van der Waals surface area contributed by atoms with Crippen molar-refractivity contribution >= 4 is 0 Å². The molecule has 6 rings (SSSR count). The van der Waals surface area contributed by atoms with Gasteiger partial charge < -0.3 is 45.2 Å². The minimum Gasteiger partial charge on any atom is -0.508 e. The quantitative estimate of drug-likeness (QED) is 0.0631. The van der Waals surface area contributed by atoms with Gasteiger partial charge in [-0.05, 0) is 145 Å². The van der Waals surface area contributed by atoms with Crippen LogP contribution in [-0.4, -0.2) is 35.7 Å². The van der Waals surface area contributed by atoms with E-state index < -0.39 is 0 Å². The SMILES string of the molecule is Oc1cccc(CCc2ccc(O)c(Oc3cc(CCc4cc(O)cc(O)c4)cc(Oc4cc(CCc5cccc(O)c5)ccc4O)c3O)c2)c1. The van der Waals surface area contributed by atoms with Crippen molar-refractivity contribution in [3.8, 4) is 63.2 Å². The largest absolute Gasteiger partial charge is 0.508 e. The van der Waals surface area contributed by atoms with Gasteiger partial charge in [0.15, 0.2) is 34.5 Å². The fraction of sp³-hybridized carbons (Fsp3) is 0.143. The Kier molecular flexibility index (Phi) is 10.4. The molecule has 6 aromatic rings. The van der Waals surface area contributed by atoms with Crippen LogP contribution in [0.3, 0.4) is 0 Å². The molecule has 0 aliphatic carbocycles. The van der Waals surface area contributed by atoms with Gasteiger partial charge in [0.2, 0.25) is 5.75 Å². The Morgan fingerprint density at radius 3 is 1.10 bits per heavy atom. The van der Waals surface area contributed by atoms with Crippen LogP contribution in [0, 0.1) is 0 Å². The van der Waals surface area contributed by atoms with E-state index >= 15 is 0 Å².